The Kier molecular flexibility index (Phi) is 2.15. The molecular formula is C7H9N3O. The number of aromatic nitrogens is 2. The lowest BCUT2D eigenvalue weighted by molar-refractivity contribution is 0.318. The summed E-state index contributed by atoms with van der Waals surface area (Å²) < 4.78 is 0. The summed E-state index contributed by atoms with van der Waals surface area (Å²) in [5.41, 5.74) is 1.28. The van der Waals surface area contributed by atoms with Gasteiger partial charge in [0.05, 0.1) is 0 Å². The molecule has 0 aliphatic heterocycles. The Morgan fingerprint density at radius 2 is 2.36 bits per heavy atom. The molecular weight excluding hydrogens is 142 g/mol. The largest absolute Gasteiger partial charge is 0.411 e. The van der Waals surface area contributed by atoms with Gasteiger partial charge in [0.25, 0.3) is 0 Å². The van der Waals surface area contributed by atoms with Crippen LogP contribution in [0, 0.1) is 6.92 Å². The van der Waals surface area contributed by atoms with Crippen LogP contribution in [0.4, 0.5) is 0 Å². The summed E-state index contributed by atoms with van der Waals surface area (Å²) in [5.74, 6) is 0.465. The second-order valence-electron chi connectivity index (χ2n) is 2.21. The fraction of sp³-hybridized carbons (Fsp3) is 0.286. The van der Waals surface area contributed by atoms with Crippen molar-refractivity contribution in [3.05, 3.63) is 23.8 Å². The third kappa shape index (κ3) is 1.73. The van der Waals surface area contributed by atoms with Crippen LogP contribution in [0.1, 0.15) is 18.4 Å². The molecule has 1 aromatic heterocycles. The van der Waals surface area contributed by atoms with Crippen LogP contribution >= 0.6 is 0 Å². The van der Waals surface area contributed by atoms with Gasteiger partial charge >= 0.3 is 0 Å². The quantitative estimate of drug-likeness (QED) is 0.370. The first-order chi connectivity index (χ1) is 5.24. The first kappa shape index (κ1) is 7.65. The molecule has 4 nitrogen and oxygen atoms in total. The summed E-state index contributed by atoms with van der Waals surface area (Å²) in [5, 5.41) is 11.4. The molecule has 4 heteroatoms. The first-order valence-corrected chi connectivity index (χ1v) is 3.22. The van der Waals surface area contributed by atoms with Crippen LogP contribution in [0.2, 0.25) is 0 Å². The van der Waals surface area contributed by atoms with Gasteiger partial charge in [0.1, 0.15) is 5.71 Å². The molecule has 0 atom stereocenters. The number of nitrogens with zero attached hydrogens (tertiary/aromatic N) is 3. The normalized spacial score (nSPS) is 11.6. The van der Waals surface area contributed by atoms with Crippen LogP contribution in [0.3, 0.4) is 0 Å². The van der Waals surface area contributed by atoms with Gasteiger partial charge < -0.3 is 5.21 Å². The highest BCUT2D eigenvalue weighted by Crippen LogP contribution is 1.94. The molecule has 0 saturated carbocycles. The van der Waals surface area contributed by atoms with Gasteiger partial charge in [-0.25, -0.2) is 9.97 Å². The summed E-state index contributed by atoms with van der Waals surface area (Å²) in [6.45, 7) is 3.50. The van der Waals surface area contributed by atoms with Gasteiger partial charge in [0.15, 0.2) is 5.82 Å². The highest BCUT2D eigenvalue weighted by atomic mass is 16.4. The lowest BCUT2D eigenvalue weighted by Gasteiger charge is -1.96. The summed E-state index contributed by atoms with van der Waals surface area (Å²) in [6.07, 6.45) is 1.63. The van der Waals surface area contributed by atoms with Crippen molar-refractivity contribution in [3.8, 4) is 0 Å². The van der Waals surface area contributed by atoms with Crippen LogP contribution < -0.4 is 0 Å². The van der Waals surface area contributed by atoms with Crippen LogP contribution in [-0.2, 0) is 0 Å². The molecule has 0 aliphatic rings. The molecule has 0 aliphatic carbocycles. The highest BCUT2D eigenvalue weighted by molar-refractivity contribution is 5.94. The third-order valence-electron chi connectivity index (χ3n) is 1.27. The van der Waals surface area contributed by atoms with Gasteiger partial charge in [0.2, 0.25) is 0 Å². The molecule has 0 spiro atoms. The van der Waals surface area contributed by atoms with Crippen LogP contribution in [-0.4, -0.2) is 20.9 Å². The zero-order chi connectivity index (χ0) is 8.27. The topological polar surface area (TPSA) is 58.4 Å². The van der Waals surface area contributed by atoms with E-state index in [0.717, 1.165) is 5.69 Å². The zero-order valence-corrected chi connectivity index (χ0v) is 6.44. The minimum Gasteiger partial charge on any atom is -0.411 e. The predicted molar refractivity (Wildman–Crippen MR) is 40.8 cm³/mol. The molecule has 58 valence electrons. The van der Waals surface area contributed by atoms with Gasteiger partial charge in [-0.3, -0.25) is 0 Å². The fourth-order valence-corrected chi connectivity index (χ4v) is 0.668. The van der Waals surface area contributed by atoms with E-state index in [1.165, 1.54) is 0 Å². The molecule has 1 heterocycles. The first-order valence-electron chi connectivity index (χ1n) is 3.22. The summed E-state index contributed by atoms with van der Waals surface area (Å²) in [4.78, 5) is 7.95. The Morgan fingerprint density at radius 1 is 1.64 bits per heavy atom. The van der Waals surface area contributed by atoms with Crippen molar-refractivity contribution in [2.75, 3.05) is 0 Å². The molecule has 11 heavy (non-hydrogen) atoms. The molecule has 0 radical (unpaired) electrons. The smallest absolute Gasteiger partial charge is 0.177 e. The van der Waals surface area contributed by atoms with E-state index >= 15 is 0 Å². The summed E-state index contributed by atoms with van der Waals surface area (Å²) in [6, 6.07) is 1.79. The maximum atomic E-state index is 8.39. The predicted octanol–water partition coefficient (Wildman–Crippen LogP) is 0.983. The Morgan fingerprint density at radius 3 is 2.91 bits per heavy atom. The van der Waals surface area contributed by atoms with E-state index in [4.69, 9.17) is 5.21 Å². The van der Waals surface area contributed by atoms with Gasteiger partial charge in [-0.2, -0.15) is 0 Å². The van der Waals surface area contributed by atoms with Crippen LogP contribution in [0.25, 0.3) is 0 Å². The van der Waals surface area contributed by atoms with E-state index in [-0.39, 0.29) is 0 Å². The van der Waals surface area contributed by atoms with Gasteiger partial charge in [-0.15, -0.1) is 0 Å². The van der Waals surface area contributed by atoms with Crippen molar-refractivity contribution in [2.24, 2.45) is 5.16 Å². The Balaban J connectivity index is 3.06. The standard InChI is InChI=1S/C7H9N3O/c1-5-3-4-8-7(9-5)6(2)10-11/h3-4,11H,1-2H3. The Hall–Kier alpha value is -1.45. The zero-order valence-electron chi connectivity index (χ0n) is 6.44. The van der Waals surface area contributed by atoms with E-state index in [0.29, 0.717) is 11.5 Å². The highest BCUT2D eigenvalue weighted by Gasteiger charge is 1.99. The number of hydrogen-bond acceptors (Lipinski definition) is 4. The van der Waals surface area contributed by atoms with E-state index in [1.54, 1.807) is 19.2 Å². The van der Waals surface area contributed by atoms with Crippen molar-refractivity contribution in [1.82, 2.24) is 9.97 Å². The lowest BCUT2D eigenvalue weighted by Crippen LogP contribution is -2.02. The second-order valence-corrected chi connectivity index (χ2v) is 2.21. The van der Waals surface area contributed by atoms with Gasteiger partial charge in [0, 0.05) is 11.9 Å². The Labute approximate surface area is 64.6 Å². The molecule has 0 unspecified atom stereocenters. The molecule has 0 amide bonds. The fourth-order valence-electron chi connectivity index (χ4n) is 0.668. The SMILES string of the molecule is CC(=NO)c1nccc(C)n1. The molecule has 0 fully saturated rings. The van der Waals surface area contributed by atoms with E-state index < -0.39 is 0 Å². The number of rotatable bonds is 1. The Bertz CT molecular complexity index is 283. The maximum Gasteiger partial charge on any atom is 0.177 e. The van der Waals surface area contributed by atoms with E-state index in [9.17, 15) is 0 Å². The number of aryl methyl sites for hydroxylation is 1. The van der Waals surface area contributed by atoms with E-state index in [1.807, 2.05) is 6.92 Å². The monoisotopic (exact) mass is 151 g/mol. The number of oxime groups is 1. The average Bonchev–Trinajstić information content (AvgIpc) is 2.03. The molecule has 0 saturated heterocycles. The van der Waals surface area contributed by atoms with Crippen molar-refractivity contribution in [2.45, 2.75) is 13.8 Å². The summed E-state index contributed by atoms with van der Waals surface area (Å²) >= 11 is 0. The third-order valence-corrected chi connectivity index (χ3v) is 1.27. The van der Waals surface area contributed by atoms with Gasteiger partial charge in [-0.1, -0.05) is 5.16 Å². The van der Waals surface area contributed by atoms with Crippen molar-refractivity contribution in [3.63, 3.8) is 0 Å². The van der Waals surface area contributed by atoms with Crippen LogP contribution in [0.5, 0.6) is 0 Å². The molecule has 1 aromatic rings. The van der Waals surface area contributed by atoms with Crippen LogP contribution in [0.15, 0.2) is 17.4 Å². The minimum absolute atomic E-state index is 0.425. The van der Waals surface area contributed by atoms with Crippen molar-refractivity contribution < 1.29 is 5.21 Å². The average molecular weight is 151 g/mol. The lowest BCUT2D eigenvalue weighted by atomic mass is 10.3. The second kappa shape index (κ2) is 3.09. The molecule has 0 aromatic carbocycles. The summed E-state index contributed by atoms with van der Waals surface area (Å²) in [7, 11) is 0. The molecule has 1 rings (SSSR count). The number of hydrogen-bond donors (Lipinski definition) is 1. The van der Waals surface area contributed by atoms with Gasteiger partial charge in [-0.05, 0) is 19.9 Å². The minimum atomic E-state index is 0.425. The van der Waals surface area contributed by atoms with Crippen molar-refractivity contribution >= 4 is 5.71 Å². The van der Waals surface area contributed by atoms with Crippen molar-refractivity contribution in [1.29, 1.82) is 0 Å². The molecule has 1 N–H and O–H groups in total. The molecule has 0 bridgehead atoms. The van der Waals surface area contributed by atoms with E-state index in [2.05, 4.69) is 15.1 Å². The maximum absolute atomic E-state index is 8.39.